The van der Waals surface area contributed by atoms with Gasteiger partial charge >= 0.3 is 0 Å². The minimum Gasteiger partial charge on any atom is -0.357 e. The van der Waals surface area contributed by atoms with Gasteiger partial charge in [-0.15, -0.1) is 0 Å². The van der Waals surface area contributed by atoms with Crippen LogP contribution in [0.25, 0.3) is 0 Å². The highest BCUT2D eigenvalue weighted by Gasteiger charge is 2.24. The molecule has 2 saturated heterocycles. The summed E-state index contributed by atoms with van der Waals surface area (Å²) in [7, 11) is -3.19. The molecule has 0 atom stereocenters. The van der Waals surface area contributed by atoms with Gasteiger partial charge in [0, 0.05) is 50.3 Å². The van der Waals surface area contributed by atoms with Crippen molar-refractivity contribution in [3.63, 3.8) is 0 Å². The van der Waals surface area contributed by atoms with Gasteiger partial charge in [0.05, 0.1) is 12.3 Å². The summed E-state index contributed by atoms with van der Waals surface area (Å²) in [6.07, 6.45) is 3.41. The molecular formula is C17H35N5O2S2. The van der Waals surface area contributed by atoms with Crippen molar-refractivity contribution in [2.24, 2.45) is 4.99 Å². The number of hydrogen-bond donors (Lipinski definition) is 2. The number of thioether (sulfide) groups is 1. The molecule has 2 fully saturated rings. The summed E-state index contributed by atoms with van der Waals surface area (Å²) in [6, 6.07) is 0.414. The average Bonchev–Trinajstić information content (AvgIpc) is 2.64. The predicted octanol–water partition coefficient (Wildman–Crippen LogP) is 0.795. The van der Waals surface area contributed by atoms with E-state index < -0.39 is 10.0 Å². The molecule has 7 nitrogen and oxygen atoms in total. The van der Waals surface area contributed by atoms with E-state index in [1.807, 2.05) is 18.7 Å². The Morgan fingerprint density at radius 2 is 1.85 bits per heavy atom. The summed E-state index contributed by atoms with van der Waals surface area (Å²) in [5, 5.41) is 6.73. The highest BCUT2D eigenvalue weighted by atomic mass is 32.2. The van der Waals surface area contributed by atoms with Gasteiger partial charge < -0.3 is 15.5 Å². The molecular weight excluding hydrogens is 370 g/mol. The zero-order valence-electron chi connectivity index (χ0n) is 16.2. The standard InChI is InChI=1S/C17H35N5O2S2/c1-3-8-21-9-5-16(6-10-21)20-17(18-4-2)19-7-15-26(23,24)22-11-13-25-14-12-22/h16H,3-15H2,1-2H3,(H2,18,19,20). The first-order valence-electron chi connectivity index (χ1n) is 9.88. The van der Waals surface area contributed by atoms with Gasteiger partial charge in [0.15, 0.2) is 5.96 Å². The van der Waals surface area contributed by atoms with Crippen LogP contribution in [0.4, 0.5) is 0 Å². The minimum atomic E-state index is -3.19. The Balaban J connectivity index is 1.80. The Bertz CT molecular complexity index is 527. The third kappa shape index (κ3) is 7.25. The van der Waals surface area contributed by atoms with Crippen LogP contribution in [-0.2, 0) is 10.0 Å². The van der Waals surface area contributed by atoms with Crippen LogP contribution in [0, 0.1) is 0 Å². The highest BCUT2D eigenvalue weighted by molar-refractivity contribution is 7.99. The normalized spacial score (nSPS) is 21.7. The van der Waals surface area contributed by atoms with Gasteiger partial charge in [0.1, 0.15) is 0 Å². The number of sulfonamides is 1. The van der Waals surface area contributed by atoms with E-state index in [2.05, 4.69) is 27.4 Å². The summed E-state index contributed by atoms with van der Waals surface area (Å²) >= 11 is 1.82. The lowest BCUT2D eigenvalue weighted by atomic mass is 10.1. The van der Waals surface area contributed by atoms with Crippen LogP contribution in [-0.4, -0.2) is 92.7 Å². The van der Waals surface area contributed by atoms with E-state index in [0.29, 0.717) is 25.7 Å². The lowest BCUT2D eigenvalue weighted by molar-refractivity contribution is 0.206. The monoisotopic (exact) mass is 405 g/mol. The molecule has 0 unspecified atom stereocenters. The van der Waals surface area contributed by atoms with E-state index in [4.69, 9.17) is 0 Å². The molecule has 2 rings (SSSR count). The van der Waals surface area contributed by atoms with Gasteiger partial charge in [-0.25, -0.2) is 12.7 Å². The van der Waals surface area contributed by atoms with E-state index in [1.165, 1.54) is 13.0 Å². The summed E-state index contributed by atoms with van der Waals surface area (Å²) in [4.78, 5) is 7.02. The first-order chi connectivity index (χ1) is 12.5. The largest absolute Gasteiger partial charge is 0.357 e. The molecule has 0 aliphatic carbocycles. The van der Waals surface area contributed by atoms with Crippen molar-refractivity contribution in [2.75, 3.05) is 63.1 Å². The van der Waals surface area contributed by atoms with Crippen LogP contribution in [0.5, 0.6) is 0 Å². The molecule has 2 N–H and O–H groups in total. The number of nitrogens with one attached hydrogen (secondary N) is 2. The number of hydrogen-bond acceptors (Lipinski definition) is 5. The van der Waals surface area contributed by atoms with E-state index in [0.717, 1.165) is 49.9 Å². The highest BCUT2D eigenvalue weighted by Crippen LogP contribution is 2.13. The summed E-state index contributed by atoms with van der Waals surface area (Å²) in [6.45, 7) is 10.00. The summed E-state index contributed by atoms with van der Waals surface area (Å²) in [5.74, 6) is 2.61. The first-order valence-corrected chi connectivity index (χ1v) is 12.6. The van der Waals surface area contributed by atoms with Gasteiger partial charge in [0.25, 0.3) is 0 Å². The minimum absolute atomic E-state index is 0.0865. The second-order valence-electron chi connectivity index (χ2n) is 6.85. The van der Waals surface area contributed by atoms with Gasteiger partial charge in [-0.3, -0.25) is 4.99 Å². The van der Waals surface area contributed by atoms with Crippen molar-refractivity contribution in [3.05, 3.63) is 0 Å². The summed E-state index contributed by atoms with van der Waals surface area (Å²) in [5.41, 5.74) is 0. The van der Waals surface area contributed by atoms with Crippen molar-refractivity contribution < 1.29 is 8.42 Å². The molecule has 2 aliphatic heterocycles. The molecule has 0 bridgehead atoms. The van der Waals surface area contributed by atoms with Crippen LogP contribution in [0.15, 0.2) is 4.99 Å². The van der Waals surface area contributed by atoms with Crippen LogP contribution in [0.1, 0.15) is 33.1 Å². The Kier molecular flexibility index (Phi) is 9.52. The zero-order valence-corrected chi connectivity index (χ0v) is 17.9. The molecule has 0 amide bonds. The maximum Gasteiger partial charge on any atom is 0.215 e. The number of guanidine groups is 1. The Morgan fingerprint density at radius 1 is 1.15 bits per heavy atom. The van der Waals surface area contributed by atoms with Crippen molar-refractivity contribution >= 4 is 27.7 Å². The molecule has 26 heavy (non-hydrogen) atoms. The van der Waals surface area contributed by atoms with Crippen molar-refractivity contribution in [3.8, 4) is 0 Å². The quantitative estimate of drug-likeness (QED) is 0.459. The predicted molar refractivity (Wildman–Crippen MR) is 112 cm³/mol. The van der Waals surface area contributed by atoms with Crippen LogP contribution >= 0.6 is 11.8 Å². The number of likely N-dealkylation sites (tertiary alicyclic amines) is 1. The molecule has 0 spiro atoms. The fourth-order valence-electron chi connectivity index (χ4n) is 3.36. The third-order valence-corrected chi connectivity index (χ3v) is 7.59. The lowest BCUT2D eigenvalue weighted by Crippen LogP contribution is -2.49. The lowest BCUT2D eigenvalue weighted by Gasteiger charge is -2.32. The molecule has 0 aromatic carbocycles. The average molecular weight is 406 g/mol. The molecule has 0 aromatic heterocycles. The fraction of sp³-hybridized carbons (Fsp3) is 0.941. The van der Waals surface area contributed by atoms with E-state index in [1.54, 1.807) is 4.31 Å². The molecule has 0 saturated carbocycles. The number of nitrogens with zero attached hydrogens (tertiary/aromatic N) is 3. The molecule has 9 heteroatoms. The summed E-state index contributed by atoms with van der Waals surface area (Å²) < 4.78 is 26.4. The second kappa shape index (κ2) is 11.4. The topological polar surface area (TPSA) is 77.0 Å². The van der Waals surface area contributed by atoms with Crippen molar-refractivity contribution in [1.29, 1.82) is 0 Å². The zero-order chi connectivity index (χ0) is 18.8. The van der Waals surface area contributed by atoms with Gasteiger partial charge in [-0.2, -0.15) is 11.8 Å². The fourth-order valence-corrected chi connectivity index (χ4v) is 5.81. The number of piperidine rings is 1. The van der Waals surface area contributed by atoms with Gasteiger partial charge in [0.2, 0.25) is 10.0 Å². The molecule has 2 aliphatic rings. The van der Waals surface area contributed by atoms with E-state index in [-0.39, 0.29) is 5.75 Å². The third-order valence-electron chi connectivity index (χ3n) is 4.80. The Morgan fingerprint density at radius 3 is 2.46 bits per heavy atom. The number of aliphatic imine (C=N–C) groups is 1. The maximum absolute atomic E-state index is 12.4. The van der Waals surface area contributed by atoms with Gasteiger partial charge in [-0.05, 0) is 32.7 Å². The smallest absolute Gasteiger partial charge is 0.215 e. The van der Waals surface area contributed by atoms with Crippen molar-refractivity contribution in [2.45, 2.75) is 39.2 Å². The van der Waals surface area contributed by atoms with Crippen molar-refractivity contribution in [1.82, 2.24) is 19.8 Å². The van der Waals surface area contributed by atoms with Crippen LogP contribution in [0.3, 0.4) is 0 Å². The van der Waals surface area contributed by atoms with Crippen LogP contribution < -0.4 is 10.6 Å². The number of rotatable bonds is 8. The van der Waals surface area contributed by atoms with Crippen LogP contribution in [0.2, 0.25) is 0 Å². The van der Waals surface area contributed by atoms with Gasteiger partial charge in [-0.1, -0.05) is 6.92 Å². The van der Waals surface area contributed by atoms with E-state index >= 15 is 0 Å². The SMILES string of the molecule is CCCN1CCC(NC(=NCCS(=O)(=O)N2CCSCC2)NCC)CC1. The second-order valence-corrected chi connectivity index (χ2v) is 10.2. The Labute approximate surface area is 163 Å². The Hall–Kier alpha value is -0.510. The first kappa shape index (κ1) is 21.8. The molecule has 0 radical (unpaired) electrons. The van der Waals surface area contributed by atoms with E-state index in [9.17, 15) is 8.42 Å². The maximum atomic E-state index is 12.4. The molecule has 2 heterocycles. The molecule has 0 aromatic rings. The molecule has 152 valence electrons.